The first kappa shape index (κ1) is 13.8. The van der Waals surface area contributed by atoms with Crippen molar-refractivity contribution in [2.75, 3.05) is 0 Å². The van der Waals surface area contributed by atoms with Crippen molar-refractivity contribution in [3.63, 3.8) is 0 Å². The van der Waals surface area contributed by atoms with Crippen LogP contribution in [-0.2, 0) is 4.79 Å². The predicted octanol–water partition coefficient (Wildman–Crippen LogP) is 3.29. The maximum atomic E-state index is 12.1. The lowest BCUT2D eigenvalue weighted by Crippen LogP contribution is -2.18. The van der Waals surface area contributed by atoms with Gasteiger partial charge in [-0.1, -0.05) is 12.1 Å². The highest BCUT2D eigenvalue weighted by atomic mass is 127. The molecule has 0 aliphatic carbocycles. The molecule has 0 heterocycles. The third-order valence-electron chi connectivity index (χ3n) is 1.62. The second kappa shape index (κ2) is 5.39. The summed E-state index contributed by atoms with van der Waals surface area (Å²) in [7, 11) is 0. The maximum Gasteiger partial charge on any atom is 0.573 e. The Labute approximate surface area is 108 Å². The lowest BCUT2D eigenvalue weighted by molar-refractivity contribution is -0.275. The SMILES string of the molecule is O=C(O)/C=C/c1cccc(I)c1OC(F)(F)F. The molecule has 0 bridgehead atoms. The number of benzene rings is 1. The minimum Gasteiger partial charge on any atom is -0.478 e. The molecule has 0 atom stereocenters. The number of alkyl halides is 3. The molecule has 1 rings (SSSR count). The monoisotopic (exact) mass is 358 g/mol. The predicted molar refractivity (Wildman–Crippen MR) is 62.5 cm³/mol. The van der Waals surface area contributed by atoms with E-state index in [0.29, 0.717) is 0 Å². The van der Waals surface area contributed by atoms with Crippen molar-refractivity contribution in [2.24, 2.45) is 0 Å². The summed E-state index contributed by atoms with van der Waals surface area (Å²) in [6, 6.07) is 4.27. The van der Waals surface area contributed by atoms with E-state index >= 15 is 0 Å². The third kappa shape index (κ3) is 4.63. The highest BCUT2D eigenvalue weighted by Crippen LogP contribution is 2.31. The van der Waals surface area contributed by atoms with Crippen molar-refractivity contribution in [3.8, 4) is 5.75 Å². The van der Waals surface area contributed by atoms with Crippen LogP contribution in [0.25, 0.3) is 6.08 Å². The molecule has 0 aromatic heterocycles. The van der Waals surface area contributed by atoms with E-state index in [-0.39, 0.29) is 9.13 Å². The zero-order chi connectivity index (χ0) is 13.1. The number of carboxylic acids is 1. The quantitative estimate of drug-likeness (QED) is 0.667. The van der Waals surface area contributed by atoms with E-state index in [1.807, 2.05) is 0 Å². The molecule has 0 amide bonds. The lowest BCUT2D eigenvalue weighted by atomic mass is 10.2. The van der Waals surface area contributed by atoms with Gasteiger partial charge in [0.1, 0.15) is 5.75 Å². The van der Waals surface area contributed by atoms with Crippen LogP contribution in [-0.4, -0.2) is 17.4 Å². The topological polar surface area (TPSA) is 46.5 Å². The van der Waals surface area contributed by atoms with Gasteiger partial charge in [0.05, 0.1) is 3.57 Å². The van der Waals surface area contributed by atoms with Gasteiger partial charge in [-0.2, -0.15) is 0 Å². The molecule has 0 saturated heterocycles. The van der Waals surface area contributed by atoms with Crippen molar-refractivity contribution in [3.05, 3.63) is 33.4 Å². The Hall–Kier alpha value is -1.25. The maximum absolute atomic E-state index is 12.1. The van der Waals surface area contributed by atoms with Crippen LogP contribution in [0.5, 0.6) is 5.75 Å². The Kier molecular flexibility index (Phi) is 4.38. The van der Waals surface area contributed by atoms with E-state index in [2.05, 4.69) is 4.74 Å². The van der Waals surface area contributed by atoms with Gasteiger partial charge < -0.3 is 9.84 Å². The lowest BCUT2D eigenvalue weighted by Gasteiger charge is -2.12. The molecular formula is C10H6F3IO3. The molecule has 1 aromatic carbocycles. The second-order valence-electron chi connectivity index (χ2n) is 2.88. The molecule has 1 N–H and O–H groups in total. The molecule has 0 spiro atoms. The van der Waals surface area contributed by atoms with Crippen molar-refractivity contribution in [1.82, 2.24) is 0 Å². The van der Waals surface area contributed by atoms with Gasteiger partial charge in [0.15, 0.2) is 0 Å². The molecule has 0 aliphatic rings. The zero-order valence-electron chi connectivity index (χ0n) is 8.16. The second-order valence-corrected chi connectivity index (χ2v) is 4.04. The summed E-state index contributed by atoms with van der Waals surface area (Å²) in [5.74, 6) is -1.65. The van der Waals surface area contributed by atoms with Crippen molar-refractivity contribution in [2.45, 2.75) is 6.36 Å². The number of ether oxygens (including phenoxy) is 1. The van der Waals surface area contributed by atoms with Gasteiger partial charge >= 0.3 is 12.3 Å². The third-order valence-corrected chi connectivity index (χ3v) is 2.47. The number of carbonyl (C=O) groups is 1. The number of carboxylic acid groups (broad SMARTS) is 1. The van der Waals surface area contributed by atoms with E-state index < -0.39 is 18.1 Å². The van der Waals surface area contributed by atoms with E-state index in [1.165, 1.54) is 18.2 Å². The Morgan fingerprint density at radius 1 is 1.41 bits per heavy atom. The minimum atomic E-state index is -4.81. The van der Waals surface area contributed by atoms with Crippen molar-refractivity contribution < 1.29 is 27.8 Å². The Balaban J connectivity index is 3.13. The normalized spacial score (nSPS) is 11.8. The van der Waals surface area contributed by atoms with Gasteiger partial charge in [0.25, 0.3) is 0 Å². The summed E-state index contributed by atoms with van der Waals surface area (Å²) in [6.07, 6.45) is -3.02. The molecule has 0 fully saturated rings. The number of hydrogen-bond acceptors (Lipinski definition) is 2. The number of para-hydroxylation sites is 1. The fourth-order valence-corrected chi connectivity index (χ4v) is 1.67. The molecule has 0 saturated carbocycles. The van der Waals surface area contributed by atoms with Gasteiger partial charge in [-0.3, -0.25) is 0 Å². The smallest absolute Gasteiger partial charge is 0.478 e. The summed E-state index contributed by atoms with van der Waals surface area (Å²) < 4.78 is 40.5. The van der Waals surface area contributed by atoms with Crippen LogP contribution in [0.2, 0.25) is 0 Å². The van der Waals surface area contributed by atoms with Crippen LogP contribution in [0.15, 0.2) is 24.3 Å². The molecular weight excluding hydrogens is 352 g/mol. The van der Waals surface area contributed by atoms with Crippen molar-refractivity contribution >= 4 is 34.6 Å². The van der Waals surface area contributed by atoms with E-state index in [1.54, 1.807) is 22.6 Å². The van der Waals surface area contributed by atoms with Gasteiger partial charge in [-0.05, 0) is 34.7 Å². The van der Waals surface area contributed by atoms with E-state index in [4.69, 9.17) is 5.11 Å². The molecule has 1 aromatic rings. The molecule has 3 nitrogen and oxygen atoms in total. The summed E-state index contributed by atoms with van der Waals surface area (Å²) in [5.41, 5.74) is 0.0524. The number of aliphatic carboxylic acids is 1. The van der Waals surface area contributed by atoms with Crippen LogP contribution >= 0.6 is 22.6 Å². The van der Waals surface area contributed by atoms with E-state index in [9.17, 15) is 18.0 Å². The summed E-state index contributed by atoms with van der Waals surface area (Å²) >= 11 is 1.68. The molecule has 0 aliphatic heterocycles. The van der Waals surface area contributed by atoms with Crippen LogP contribution in [0, 0.1) is 3.57 Å². The average molecular weight is 358 g/mol. The van der Waals surface area contributed by atoms with E-state index in [0.717, 1.165) is 12.2 Å². The molecule has 0 radical (unpaired) electrons. The Morgan fingerprint density at radius 3 is 2.59 bits per heavy atom. The molecule has 17 heavy (non-hydrogen) atoms. The molecule has 7 heteroatoms. The fraction of sp³-hybridized carbons (Fsp3) is 0.100. The highest BCUT2D eigenvalue weighted by Gasteiger charge is 2.32. The first-order chi connectivity index (χ1) is 7.79. The average Bonchev–Trinajstić information content (AvgIpc) is 2.17. The summed E-state index contributed by atoms with van der Waals surface area (Å²) in [5, 5.41) is 8.42. The van der Waals surface area contributed by atoms with Crippen LogP contribution in [0.1, 0.15) is 5.56 Å². The Morgan fingerprint density at radius 2 is 2.06 bits per heavy atom. The standard InChI is InChI=1S/C10H6F3IO3/c11-10(12,13)17-9-6(4-5-8(15)16)2-1-3-7(9)14/h1-5H,(H,15,16)/b5-4+. The zero-order valence-corrected chi connectivity index (χ0v) is 10.3. The molecule has 92 valence electrons. The van der Waals surface area contributed by atoms with Crippen LogP contribution in [0.3, 0.4) is 0 Å². The Bertz CT molecular complexity index is 455. The van der Waals surface area contributed by atoms with Gasteiger partial charge in [0.2, 0.25) is 0 Å². The number of hydrogen-bond donors (Lipinski definition) is 1. The van der Waals surface area contributed by atoms with Crippen LogP contribution in [0.4, 0.5) is 13.2 Å². The van der Waals surface area contributed by atoms with Gasteiger partial charge in [-0.15, -0.1) is 13.2 Å². The summed E-state index contributed by atoms with van der Waals surface area (Å²) in [4.78, 5) is 10.3. The molecule has 0 unspecified atom stereocenters. The van der Waals surface area contributed by atoms with Gasteiger partial charge in [-0.25, -0.2) is 4.79 Å². The van der Waals surface area contributed by atoms with Crippen LogP contribution < -0.4 is 4.74 Å². The van der Waals surface area contributed by atoms with Gasteiger partial charge in [0, 0.05) is 11.6 Å². The first-order valence-electron chi connectivity index (χ1n) is 4.25. The number of rotatable bonds is 3. The number of halogens is 4. The van der Waals surface area contributed by atoms with Crippen molar-refractivity contribution in [1.29, 1.82) is 0 Å². The summed E-state index contributed by atoms with van der Waals surface area (Å²) in [6.45, 7) is 0. The largest absolute Gasteiger partial charge is 0.573 e. The minimum absolute atomic E-state index is 0.0524. The fourth-order valence-electron chi connectivity index (χ4n) is 1.04. The first-order valence-corrected chi connectivity index (χ1v) is 5.33. The highest BCUT2D eigenvalue weighted by molar-refractivity contribution is 14.1.